The molecule has 3 nitrogen and oxygen atoms in total. The molecule has 104 valence electrons. The smallest absolute Gasteiger partial charge is 0.242 e. The molecular formula is C14H18Cl2N2O. The maximum Gasteiger partial charge on any atom is 0.242 e. The summed E-state index contributed by atoms with van der Waals surface area (Å²) in [6.07, 6.45) is 1.91. The maximum absolute atomic E-state index is 12.3. The predicted octanol–water partition coefficient (Wildman–Crippen LogP) is 3.39. The Kier molecular flexibility index (Phi) is 4.09. The van der Waals surface area contributed by atoms with Gasteiger partial charge in [0, 0.05) is 6.54 Å². The summed E-state index contributed by atoms with van der Waals surface area (Å²) >= 11 is 12.0. The number of hydrogen-bond acceptors (Lipinski definition) is 2. The molecule has 2 N–H and O–H groups in total. The van der Waals surface area contributed by atoms with Gasteiger partial charge in [0.05, 0.1) is 21.6 Å². The van der Waals surface area contributed by atoms with Crippen LogP contribution >= 0.6 is 23.2 Å². The zero-order valence-electron chi connectivity index (χ0n) is 11.1. The van der Waals surface area contributed by atoms with Crippen LogP contribution in [0.15, 0.2) is 18.2 Å². The largest absolute Gasteiger partial charge is 0.334 e. The fraction of sp³-hybridized carbons (Fsp3) is 0.500. The first-order valence-electron chi connectivity index (χ1n) is 6.35. The molecule has 0 bridgehead atoms. The summed E-state index contributed by atoms with van der Waals surface area (Å²) in [6.45, 7) is 4.21. The van der Waals surface area contributed by atoms with Gasteiger partial charge in [0.25, 0.3) is 0 Å². The minimum Gasteiger partial charge on any atom is -0.334 e. The summed E-state index contributed by atoms with van der Waals surface area (Å²) in [4.78, 5) is 14.2. The van der Waals surface area contributed by atoms with Gasteiger partial charge < -0.3 is 10.6 Å². The highest BCUT2D eigenvalue weighted by molar-refractivity contribution is 6.42. The van der Waals surface area contributed by atoms with Gasteiger partial charge in [-0.25, -0.2) is 0 Å². The van der Waals surface area contributed by atoms with Crippen molar-refractivity contribution in [3.63, 3.8) is 0 Å². The molecule has 0 radical (unpaired) electrons. The van der Waals surface area contributed by atoms with Gasteiger partial charge in [0.2, 0.25) is 5.91 Å². The van der Waals surface area contributed by atoms with E-state index in [0.29, 0.717) is 10.0 Å². The van der Waals surface area contributed by atoms with E-state index in [4.69, 9.17) is 28.9 Å². The van der Waals surface area contributed by atoms with Crippen LogP contribution in [-0.2, 0) is 4.79 Å². The zero-order valence-corrected chi connectivity index (χ0v) is 12.6. The van der Waals surface area contributed by atoms with Gasteiger partial charge in [0.15, 0.2) is 0 Å². The lowest BCUT2D eigenvalue weighted by Gasteiger charge is -2.31. The number of hydrogen-bond donors (Lipinski definition) is 1. The summed E-state index contributed by atoms with van der Waals surface area (Å²) in [5, 5.41) is 1.05. The van der Waals surface area contributed by atoms with Gasteiger partial charge in [-0.15, -0.1) is 0 Å². The van der Waals surface area contributed by atoms with Crippen molar-refractivity contribution in [3.05, 3.63) is 33.8 Å². The van der Waals surface area contributed by atoms with E-state index in [1.807, 2.05) is 17.0 Å². The Morgan fingerprint density at radius 1 is 1.37 bits per heavy atom. The molecule has 0 aliphatic carbocycles. The number of carbonyl (C=O) groups is 1. The van der Waals surface area contributed by atoms with Crippen LogP contribution < -0.4 is 5.73 Å². The minimum absolute atomic E-state index is 0.0268. The molecule has 0 saturated carbocycles. The summed E-state index contributed by atoms with van der Waals surface area (Å²) in [6, 6.07) is 5.58. The van der Waals surface area contributed by atoms with Crippen molar-refractivity contribution in [3.8, 4) is 0 Å². The number of nitrogens with two attached hydrogens (primary N) is 1. The van der Waals surface area contributed by atoms with Crippen LogP contribution in [0.25, 0.3) is 0 Å². The number of carbonyl (C=O) groups excluding carboxylic acids is 1. The van der Waals surface area contributed by atoms with Gasteiger partial charge >= 0.3 is 0 Å². The number of amides is 1. The van der Waals surface area contributed by atoms with E-state index in [2.05, 4.69) is 0 Å². The van der Waals surface area contributed by atoms with Crippen molar-refractivity contribution < 1.29 is 4.79 Å². The lowest BCUT2D eigenvalue weighted by Crippen LogP contribution is -2.50. The molecule has 2 rings (SSSR count). The number of rotatable bonds is 2. The molecule has 1 fully saturated rings. The molecule has 1 aliphatic rings. The predicted molar refractivity (Wildman–Crippen MR) is 78.4 cm³/mol. The van der Waals surface area contributed by atoms with Gasteiger partial charge in [-0.3, -0.25) is 4.79 Å². The van der Waals surface area contributed by atoms with E-state index in [0.717, 1.165) is 24.9 Å². The average molecular weight is 301 g/mol. The third kappa shape index (κ3) is 3.04. The van der Waals surface area contributed by atoms with Crippen LogP contribution in [0.4, 0.5) is 0 Å². The Morgan fingerprint density at radius 2 is 2.05 bits per heavy atom. The lowest BCUT2D eigenvalue weighted by molar-refractivity contribution is -0.136. The first kappa shape index (κ1) is 14.6. The highest BCUT2D eigenvalue weighted by atomic mass is 35.5. The van der Waals surface area contributed by atoms with E-state index >= 15 is 0 Å². The minimum atomic E-state index is -0.848. The molecule has 1 aromatic carbocycles. The first-order valence-corrected chi connectivity index (χ1v) is 7.11. The topological polar surface area (TPSA) is 46.3 Å². The van der Waals surface area contributed by atoms with E-state index in [9.17, 15) is 4.79 Å². The van der Waals surface area contributed by atoms with Crippen LogP contribution in [0.1, 0.15) is 38.3 Å². The van der Waals surface area contributed by atoms with Crippen LogP contribution in [0.3, 0.4) is 0 Å². The molecule has 1 saturated heterocycles. The van der Waals surface area contributed by atoms with Crippen molar-refractivity contribution in [2.24, 2.45) is 5.73 Å². The van der Waals surface area contributed by atoms with E-state index < -0.39 is 5.54 Å². The first-order chi connectivity index (χ1) is 8.80. The SMILES string of the molecule is CC(C)(N)C(=O)N1CCCC1c1ccc(Cl)c(Cl)c1. The Hall–Kier alpha value is -0.770. The van der Waals surface area contributed by atoms with Gasteiger partial charge in [-0.1, -0.05) is 29.3 Å². The number of nitrogens with zero attached hydrogens (tertiary/aromatic N) is 1. The third-order valence-corrected chi connectivity index (χ3v) is 4.13. The molecule has 1 aliphatic heterocycles. The van der Waals surface area contributed by atoms with E-state index in [-0.39, 0.29) is 11.9 Å². The van der Waals surface area contributed by atoms with Crippen LogP contribution in [0.2, 0.25) is 10.0 Å². The molecule has 1 heterocycles. The fourth-order valence-electron chi connectivity index (χ4n) is 2.45. The van der Waals surface area contributed by atoms with Crippen molar-refractivity contribution in [1.82, 2.24) is 4.90 Å². The van der Waals surface area contributed by atoms with Crippen molar-refractivity contribution in [1.29, 1.82) is 0 Å². The Balaban J connectivity index is 2.28. The number of likely N-dealkylation sites (tertiary alicyclic amines) is 1. The third-order valence-electron chi connectivity index (χ3n) is 3.39. The molecule has 1 aromatic rings. The molecule has 0 aromatic heterocycles. The molecular weight excluding hydrogens is 283 g/mol. The van der Waals surface area contributed by atoms with Crippen LogP contribution in [0.5, 0.6) is 0 Å². The summed E-state index contributed by atoms with van der Waals surface area (Å²) < 4.78 is 0. The Bertz CT molecular complexity index is 497. The zero-order chi connectivity index (χ0) is 14.2. The fourth-order valence-corrected chi connectivity index (χ4v) is 2.75. The second-order valence-corrected chi connectivity index (χ2v) is 6.37. The monoisotopic (exact) mass is 300 g/mol. The molecule has 19 heavy (non-hydrogen) atoms. The van der Waals surface area contributed by atoms with Crippen molar-refractivity contribution >= 4 is 29.1 Å². The molecule has 1 amide bonds. The highest BCUT2D eigenvalue weighted by Gasteiger charge is 2.36. The maximum atomic E-state index is 12.3. The number of halogens is 2. The molecule has 1 atom stereocenters. The van der Waals surface area contributed by atoms with Crippen LogP contribution in [0, 0.1) is 0 Å². The summed E-state index contributed by atoms with van der Waals surface area (Å²) in [7, 11) is 0. The average Bonchev–Trinajstić information content (AvgIpc) is 2.79. The van der Waals surface area contributed by atoms with Crippen molar-refractivity contribution in [2.75, 3.05) is 6.54 Å². The molecule has 5 heteroatoms. The van der Waals surface area contributed by atoms with Gasteiger partial charge in [0.1, 0.15) is 0 Å². The Labute approximate surface area is 123 Å². The summed E-state index contributed by atoms with van der Waals surface area (Å²) in [5.74, 6) is -0.0268. The normalized spacial score (nSPS) is 19.8. The molecule has 0 spiro atoms. The standard InChI is InChI=1S/C14H18Cl2N2O/c1-14(2,17)13(19)18-7-3-4-12(18)9-5-6-10(15)11(16)8-9/h5-6,8,12H,3-4,7,17H2,1-2H3. The van der Waals surface area contributed by atoms with E-state index in [1.165, 1.54) is 0 Å². The van der Waals surface area contributed by atoms with Gasteiger partial charge in [-0.05, 0) is 44.4 Å². The second-order valence-electron chi connectivity index (χ2n) is 5.55. The quantitative estimate of drug-likeness (QED) is 0.910. The van der Waals surface area contributed by atoms with E-state index in [1.54, 1.807) is 19.9 Å². The Morgan fingerprint density at radius 3 is 2.63 bits per heavy atom. The second kappa shape index (κ2) is 5.31. The van der Waals surface area contributed by atoms with Crippen molar-refractivity contribution in [2.45, 2.75) is 38.3 Å². The van der Waals surface area contributed by atoms with Crippen LogP contribution in [-0.4, -0.2) is 22.9 Å². The van der Waals surface area contributed by atoms with Gasteiger partial charge in [-0.2, -0.15) is 0 Å². The number of benzene rings is 1. The lowest BCUT2D eigenvalue weighted by atomic mass is 10.0. The highest BCUT2D eigenvalue weighted by Crippen LogP contribution is 2.35. The molecule has 1 unspecified atom stereocenters. The summed E-state index contributed by atoms with van der Waals surface area (Å²) in [5.41, 5.74) is 6.08.